The smallest absolute Gasteiger partial charge is 0.491 e. The van der Waals surface area contributed by atoms with Gasteiger partial charge in [0.1, 0.15) is 0 Å². The first kappa shape index (κ1) is 11.7. The second kappa shape index (κ2) is 6.13. The molecule has 0 saturated carbocycles. The zero-order valence-electron chi connectivity index (χ0n) is 8.53. The number of hydrogen-bond acceptors (Lipinski definition) is 2. The van der Waals surface area contributed by atoms with Crippen molar-refractivity contribution in [3.05, 3.63) is 30.3 Å². The summed E-state index contributed by atoms with van der Waals surface area (Å²) in [6.45, 7) is 0.817. The Bertz CT molecular complexity index is 245. The Balaban J connectivity index is 0.000000980. The predicted octanol–water partition coefficient (Wildman–Crippen LogP) is -0.604. The van der Waals surface area contributed by atoms with Gasteiger partial charge in [0.15, 0.2) is 6.29 Å². The van der Waals surface area contributed by atoms with Crippen molar-refractivity contribution in [2.45, 2.75) is 25.6 Å². The molecule has 0 spiro atoms. The minimum absolute atomic E-state index is 0. The van der Waals surface area contributed by atoms with Gasteiger partial charge >= 0.3 is 18.9 Å². The number of benzene rings is 1. The first-order valence-corrected chi connectivity index (χ1v) is 4.70. The Morgan fingerprint density at radius 2 is 2.29 bits per heavy atom. The summed E-state index contributed by atoms with van der Waals surface area (Å²) in [7, 11) is 0. The van der Waals surface area contributed by atoms with Gasteiger partial charge in [-0.2, -0.15) is 18.2 Å². The zero-order chi connectivity index (χ0) is 8.93. The van der Waals surface area contributed by atoms with E-state index in [-0.39, 0.29) is 25.2 Å². The molecule has 1 aromatic rings. The first-order valence-electron chi connectivity index (χ1n) is 4.70. The van der Waals surface area contributed by atoms with E-state index in [4.69, 9.17) is 9.47 Å². The van der Waals surface area contributed by atoms with Gasteiger partial charge < -0.3 is 9.47 Å². The molecule has 1 aliphatic rings. The molecule has 1 unspecified atom stereocenters. The van der Waals surface area contributed by atoms with Crippen LogP contribution >= 0.6 is 0 Å². The molecule has 0 radical (unpaired) electrons. The molecule has 14 heavy (non-hydrogen) atoms. The molecule has 3 heteroatoms. The Hall–Kier alpha value is -0.423. The zero-order valence-corrected chi connectivity index (χ0v) is 8.53. The maximum Gasteiger partial charge on any atom is 1.00 e. The van der Waals surface area contributed by atoms with E-state index in [1.165, 1.54) is 6.42 Å². The van der Waals surface area contributed by atoms with Gasteiger partial charge in [0, 0.05) is 12.2 Å². The molecule has 1 aliphatic heterocycles. The summed E-state index contributed by atoms with van der Waals surface area (Å²) in [5.41, 5.74) is 0. The second-order valence-corrected chi connectivity index (χ2v) is 3.14. The molecular formula is C11H13LiO2. The molecule has 1 fully saturated rings. The fourth-order valence-corrected chi connectivity index (χ4v) is 1.40. The fraction of sp³-hybridized carbons (Fsp3) is 0.455. The van der Waals surface area contributed by atoms with Crippen LogP contribution in [0.25, 0.3) is 0 Å². The van der Waals surface area contributed by atoms with Crippen molar-refractivity contribution < 1.29 is 28.3 Å². The number of hydrogen-bond donors (Lipinski definition) is 0. The van der Waals surface area contributed by atoms with Crippen molar-refractivity contribution >= 4 is 0 Å². The SMILES string of the molecule is [Li+].[c-]1ccccc1OC1CCCCO1. The van der Waals surface area contributed by atoms with Gasteiger partial charge in [-0.05, 0) is 12.8 Å². The summed E-state index contributed by atoms with van der Waals surface area (Å²) in [5.74, 6) is 0.773. The van der Waals surface area contributed by atoms with E-state index >= 15 is 0 Å². The summed E-state index contributed by atoms with van der Waals surface area (Å²) < 4.78 is 11.0. The summed E-state index contributed by atoms with van der Waals surface area (Å²) in [6, 6.07) is 10.6. The fourth-order valence-electron chi connectivity index (χ4n) is 1.40. The molecule has 2 nitrogen and oxygen atoms in total. The molecule has 1 aromatic carbocycles. The van der Waals surface area contributed by atoms with Crippen LogP contribution in [-0.2, 0) is 4.74 Å². The van der Waals surface area contributed by atoms with Crippen molar-refractivity contribution in [1.29, 1.82) is 0 Å². The van der Waals surface area contributed by atoms with Crippen LogP contribution < -0.4 is 23.6 Å². The van der Waals surface area contributed by atoms with Crippen LogP contribution in [0.1, 0.15) is 19.3 Å². The van der Waals surface area contributed by atoms with Crippen LogP contribution in [0.5, 0.6) is 5.75 Å². The van der Waals surface area contributed by atoms with Gasteiger partial charge in [-0.15, -0.1) is 12.1 Å². The normalized spacial score (nSPS) is 21.0. The summed E-state index contributed by atoms with van der Waals surface area (Å²) in [6.07, 6.45) is 3.27. The first-order chi connectivity index (χ1) is 6.45. The van der Waals surface area contributed by atoms with E-state index < -0.39 is 0 Å². The average Bonchev–Trinajstić information content (AvgIpc) is 2.21. The minimum Gasteiger partial charge on any atom is -0.491 e. The molecule has 1 saturated heterocycles. The summed E-state index contributed by atoms with van der Waals surface area (Å²) >= 11 is 0. The van der Waals surface area contributed by atoms with Gasteiger partial charge in [-0.25, -0.2) is 0 Å². The van der Waals surface area contributed by atoms with Crippen molar-refractivity contribution in [2.24, 2.45) is 0 Å². The minimum atomic E-state index is -0.0626. The van der Waals surface area contributed by atoms with Crippen LogP contribution in [0.2, 0.25) is 0 Å². The van der Waals surface area contributed by atoms with Crippen LogP contribution in [-0.4, -0.2) is 12.9 Å². The Morgan fingerprint density at radius 3 is 2.93 bits per heavy atom. The van der Waals surface area contributed by atoms with Crippen LogP contribution in [0, 0.1) is 6.07 Å². The van der Waals surface area contributed by atoms with E-state index in [1.54, 1.807) is 0 Å². The molecule has 0 amide bonds. The third kappa shape index (κ3) is 3.38. The molecule has 0 aromatic heterocycles. The molecule has 1 atom stereocenters. The van der Waals surface area contributed by atoms with Gasteiger partial charge in [-0.1, -0.05) is 0 Å². The largest absolute Gasteiger partial charge is 1.00 e. The Morgan fingerprint density at radius 1 is 1.36 bits per heavy atom. The molecule has 0 N–H and O–H groups in total. The predicted molar refractivity (Wildman–Crippen MR) is 49.5 cm³/mol. The van der Waals surface area contributed by atoms with Crippen molar-refractivity contribution in [1.82, 2.24) is 0 Å². The molecule has 0 bridgehead atoms. The van der Waals surface area contributed by atoms with Gasteiger partial charge in [-0.3, -0.25) is 0 Å². The summed E-state index contributed by atoms with van der Waals surface area (Å²) in [4.78, 5) is 0. The number of ether oxygens (including phenoxy) is 2. The molecule has 2 rings (SSSR count). The maximum atomic E-state index is 5.58. The Labute approximate surface area is 96.8 Å². The van der Waals surface area contributed by atoms with E-state index in [0.717, 1.165) is 25.2 Å². The van der Waals surface area contributed by atoms with E-state index in [2.05, 4.69) is 6.07 Å². The number of para-hydroxylation sites is 1. The molecule has 0 aliphatic carbocycles. The quantitative estimate of drug-likeness (QED) is 0.451. The van der Waals surface area contributed by atoms with Gasteiger partial charge in [0.25, 0.3) is 0 Å². The van der Waals surface area contributed by atoms with Crippen molar-refractivity contribution in [2.75, 3.05) is 6.61 Å². The molecule has 70 valence electrons. The molecular weight excluding hydrogens is 171 g/mol. The van der Waals surface area contributed by atoms with E-state index in [0.29, 0.717) is 0 Å². The van der Waals surface area contributed by atoms with Crippen LogP contribution in [0.3, 0.4) is 0 Å². The third-order valence-corrected chi connectivity index (χ3v) is 2.08. The van der Waals surface area contributed by atoms with Crippen molar-refractivity contribution in [3.8, 4) is 5.75 Å². The maximum absolute atomic E-state index is 5.58. The Kier molecular flexibility index (Phi) is 5.11. The van der Waals surface area contributed by atoms with Crippen LogP contribution in [0.15, 0.2) is 24.3 Å². The van der Waals surface area contributed by atoms with Crippen LogP contribution in [0.4, 0.5) is 0 Å². The third-order valence-electron chi connectivity index (χ3n) is 2.08. The van der Waals surface area contributed by atoms with Gasteiger partial charge in [0.05, 0.1) is 6.61 Å². The average molecular weight is 184 g/mol. The van der Waals surface area contributed by atoms with E-state index in [1.807, 2.05) is 24.3 Å². The second-order valence-electron chi connectivity index (χ2n) is 3.14. The number of rotatable bonds is 2. The topological polar surface area (TPSA) is 18.5 Å². The molecule has 1 heterocycles. The standard InChI is InChI=1S/C11H13O2.Li/c1-2-6-10(7-3-1)13-11-8-4-5-9-12-11;/h1-3,6,11H,4-5,8-9H2;/q-1;+1. The van der Waals surface area contributed by atoms with Gasteiger partial charge in [0.2, 0.25) is 0 Å². The monoisotopic (exact) mass is 184 g/mol. The summed E-state index contributed by atoms with van der Waals surface area (Å²) in [5, 5.41) is 0. The van der Waals surface area contributed by atoms with E-state index in [9.17, 15) is 0 Å². The van der Waals surface area contributed by atoms with Crippen molar-refractivity contribution in [3.63, 3.8) is 0 Å².